The third-order valence-corrected chi connectivity index (χ3v) is 6.56. The standard InChI is InChI=1S/C17H15ClFNO4S/c1-24-11-5-7-12(8-6-11)25(22,23)13-9-20(10-13)17(21)16-14(18)3-2-4-15(16)19/h2-8,13H,9-10H2,1H3. The van der Waals surface area contributed by atoms with Gasteiger partial charge in [-0.1, -0.05) is 17.7 Å². The fourth-order valence-electron chi connectivity index (χ4n) is 2.62. The van der Waals surface area contributed by atoms with Gasteiger partial charge in [0.05, 0.1) is 22.6 Å². The van der Waals surface area contributed by atoms with Gasteiger partial charge in [0.2, 0.25) is 0 Å². The van der Waals surface area contributed by atoms with Gasteiger partial charge in [0.25, 0.3) is 5.91 Å². The van der Waals surface area contributed by atoms with E-state index < -0.39 is 26.8 Å². The van der Waals surface area contributed by atoms with Crippen molar-refractivity contribution in [3.8, 4) is 5.75 Å². The fourth-order valence-corrected chi connectivity index (χ4v) is 4.51. The number of halogens is 2. The lowest BCUT2D eigenvalue weighted by Crippen LogP contribution is -2.57. The highest BCUT2D eigenvalue weighted by molar-refractivity contribution is 7.92. The van der Waals surface area contributed by atoms with Crippen LogP contribution < -0.4 is 4.74 Å². The number of hydrogen-bond donors (Lipinski definition) is 0. The lowest BCUT2D eigenvalue weighted by molar-refractivity contribution is 0.0654. The number of amides is 1. The minimum absolute atomic E-state index is 0.00212. The molecule has 0 saturated carbocycles. The first-order valence-electron chi connectivity index (χ1n) is 7.46. The molecule has 132 valence electrons. The smallest absolute Gasteiger partial charge is 0.258 e. The molecule has 1 fully saturated rings. The molecule has 0 atom stereocenters. The van der Waals surface area contributed by atoms with Crippen molar-refractivity contribution in [2.45, 2.75) is 10.1 Å². The number of carbonyl (C=O) groups excluding carboxylic acids is 1. The number of sulfone groups is 1. The van der Waals surface area contributed by atoms with E-state index in [1.54, 1.807) is 12.1 Å². The van der Waals surface area contributed by atoms with E-state index in [9.17, 15) is 17.6 Å². The van der Waals surface area contributed by atoms with Crippen molar-refractivity contribution in [1.29, 1.82) is 0 Å². The highest BCUT2D eigenvalue weighted by Gasteiger charge is 2.41. The van der Waals surface area contributed by atoms with Crippen LogP contribution in [0.15, 0.2) is 47.4 Å². The molecule has 1 aliphatic rings. The molecular weight excluding hydrogens is 369 g/mol. The quantitative estimate of drug-likeness (QED) is 0.814. The van der Waals surface area contributed by atoms with Crippen molar-refractivity contribution in [3.63, 3.8) is 0 Å². The Morgan fingerprint density at radius 3 is 2.40 bits per heavy atom. The summed E-state index contributed by atoms with van der Waals surface area (Å²) >= 11 is 5.88. The molecule has 0 N–H and O–H groups in total. The van der Waals surface area contributed by atoms with E-state index in [-0.39, 0.29) is 28.6 Å². The molecule has 0 aliphatic carbocycles. The van der Waals surface area contributed by atoms with Gasteiger partial charge < -0.3 is 9.64 Å². The summed E-state index contributed by atoms with van der Waals surface area (Å²) in [6.07, 6.45) is 0. The number of likely N-dealkylation sites (tertiary alicyclic amines) is 1. The number of benzene rings is 2. The maximum Gasteiger partial charge on any atom is 0.258 e. The second-order valence-electron chi connectivity index (χ2n) is 5.65. The summed E-state index contributed by atoms with van der Waals surface area (Å²) in [5, 5.41) is -0.721. The summed E-state index contributed by atoms with van der Waals surface area (Å²) in [6.45, 7) is -0.00425. The molecule has 1 amide bonds. The third-order valence-electron chi connectivity index (χ3n) is 4.14. The zero-order valence-corrected chi connectivity index (χ0v) is 14.8. The van der Waals surface area contributed by atoms with Crippen molar-refractivity contribution in [2.75, 3.05) is 20.2 Å². The molecule has 0 spiro atoms. The zero-order chi connectivity index (χ0) is 18.2. The maximum absolute atomic E-state index is 13.8. The van der Waals surface area contributed by atoms with Crippen LogP contribution in [0, 0.1) is 5.82 Å². The van der Waals surface area contributed by atoms with Crippen LogP contribution in [0.3, 0.4) is 0 Å². The predicted molar refractivity (Wildman–Crippen MR) is 91.3 cm³/mol. The molecule has 5 nitrogen and oxygen atoms in total. The van der Waals surface area contributed by atoms with Gasteiger partial charge in [-0.15, -0.1) is 0 Å². The molecule has 0 radical (unpaired) electrons. The van der Waals surface area contributed by atoms with Crippen LogP contribution in [0.1, 0.15) is 10.4 Å². The molecular formula is C17H15ClFNO4S. The predicted octanol–water partition coefficient (Wildman–Crippen LogP) is 2.79. The van der Waals surface area contributed by atoms with Gasteiger partial charge in [-0.2, -0.15) is 0 Å². The second kappa shape index (κ2) is 6.65. The maximum atomic E-state index is 13.8. The van der Waals surface area contributed by atoms with Crippen molar-refractivity contribution in [1.82, 2.24) is 4.90 Å². The van der Waals surface area contributed by atoms with E-state index in [1.165, 1.54) is 36.3 Å². The summed E-state index contributed by atoms with van der Waals surface area (Å²) in [4.78, 5) is 13.8. The monoisotopic (exact) mass is 383 g/mol. The average Bonchev–Trinajstić information content (AvgIpc) is 2.53. The lowest BCUT2D eigenvalue weighted by Gasteiger charge is -2.38. The van der Waals surface area contributed by atoms with Gasteiger partial charge in [-0.05, 0) is 36.4 Å². The van der Waals surface area contributed by atoms with Crippen molar-refractivity contribution in [2.24, 2.45) is 0 Å². The molecule has 3 rings (SSSR count). The molecule has 0 bridgehead atoms. The summed E-state index contributed by atoms with van der Waals surface area (Å²) in [6, 6.07) is 10.0. The Morgan fingerprint density at radius 2 is 1.84 bits per heavy atom. The van der Waals surface area contributed by atoms with Crippen LogP contribution >= 0.6 is 11.6 Å². The normalized spacial score (nSPS) is 14.9. The minimum atomic E-state index is -3.57. The molecule has 0 unspecified atom stereocenters. The topological polar surface area (TPSA) is 63.7 Å². The van der Waals surface area contributed by atoms with E-state index in [0.717, 1.165) is 6.07 Å². The fraction of sp³-hybridized carbons (Fsp3) is 0.235. The summed E-state index contributed by atoms with van der Waals surface area (Å²) < 4.78 is 44.0. The molecule has 8 heteroatoms. The third kappa shape index (κ3) is 3.21. The molecule has 2 aromatic carbocycles. The van der Waals surface area contributed by atoms with Crippen LogP contribution in [0.5, 0.6) is 5.75 Å². The Morgan fingerprint density at radius 1 is 1.20 bits per heavy atom. The first-order valence-corrected chi connectivity index (χ1v) is 9.38. The average molecular weight is 384 g/mol. The Hall–Kier alpha value is -2.12. The number of hydrogen-bond acceptors (Lipinski definition) is 4. The molecule has 2 aromatic rings. The van der Waals surface area contributed by atoms with Gasteiger partial charge in [0.1, 0.15) is 16.8 Å². The molecule has 1 aliphatic heterocycles. The van der Waals surface area contributed by atoms with E-state index in [0.29, 0.717) is 5.75 Å². The van der Waals surface area contributed by atoms with Gasteiger partial charge in [0, 0.05) is 13.1 Å². The highest BCUT2D eigenvalue weighted by atomic mass is 35.5. The first-order chi connectivity index (χ1) is 11.8. The van der Waals surface area contributed by atoms with Crippen molar-refractivity contribution < 1.29 is 22.3 Å². The number of nitrogens with zero attached hydrogens (tertiary/aromatic N) is 1. The van der Waals surface area contributed by atoms with Crippen molar-refractivity contribution in [3.05, 3.63) is 58.9 Å². The number of carbonyl (C=O) groups is 1. The van der Waals surface area contributed by atoms with Gasteiger partial charge in [0.15, 0.2) is 9.84 Å². The first kappa shape index (κ1) is 17.7. The molecule has 1 saturated heterocycles. The number of ether oxygens (including phenoxy) is 1. The van der Waals surface area contributed by atoms with E-state index in [4.69, 9.17) is 16.3 Å². The van der Waals surface area contributed by atoms with Crippen LogP contribution in [-0.2, 0) is 9.84 Å². The van der Waals surface area contributed by atoms with E-state index >= 15 is 0 Å². The Balaban J connectivity index is 1.74. The van der Waals surface area contributed by atoms with Crippen LogP contribution in [0.2, 0.25) is 5.02 Å². The molecule has 0 aromatic heterocycles. The van der Waals surface area contributed by atoms with Crippen LogP contribution in [0.25, 0.3) is 0 Å². The van der Waals surface area contributed by atoms with Gasteiger partial charge >= 0.3 is 0 Å². The van der Waals surface area contributed by atoms with E-state index in [1.807, 2.05) is 0 Å². The minimum Gasteiger partial charge on any atom is -0.497 e. The van der Waals surface area contributed by atoms with Crippen LogP contribution in [-0.4, -0.2) is 44.7 Å². The summed E-state index contributed by atoms with van der Waals surface area (Å²) in [5.74, 6) is -0.776. The largest absolute Gasteiger partial charge is 0.497 e. The van der Waals surface area contributed by atoms with Gasteiger partial charge in [-0.3, -0.25) is 4.79 Å². The highest BCUT2D eigenvalue weighted by Crippen LogP contribution is 2.28. The number of rotatable bonds is 4. The number of methoxy groups -OCH3 is 1. The molecule has 25 heavy (non-hydrogen) atoms. The Labute approximate surface area is 149 Å². The SMILES string of the molecule is COc1ccc(S(=O)(=O)C2CN(C(=O)c3c(F)cccc3Cl)C2)cc1. The van der Waals surface area contributed by atoms with Crippen molar-refractivity contribution >= 4 is 27.3 Å². The Kier molecular flexibility index (Phi) is 4.71. The Bertz CT molecular complexity index is 888. The zero-order valence-electron chi connectivity index (χ0n) is 13.3. The lowest BCUT2D eigenvalue weighted by atomic mass is 10.1. The molecule has 1 heterocycles. The second-order valence-corrected chi connectivity index (χ2v) is 8.28. The summed E-state index contributed by atoms with van der Waals surface area (Å²) in [5.41, 5.74) is -0.232. The van der Waals surface area contributed by atoms with Gasteiger partial charge in [-0.25, -0.2) is 12.8 Å². The van der Waals surface area contributed by atoms with Crippen LogP contribution in [0.4, 0.5) is 4.39 Å². The van der Waals surface area contributed by atoms with E-state index in [2.05, 4.69) is 0 Å². The summed E-state index contributed by atoms with van der Waals surface area (Å²) in [7, 11) is -2.08.